The van der Waals surface area contributed by atoms with E-state index in [1.807, 2.05) is 26.0 Å². The highest BCUT2D eigenvalue weighted by molar-refractivity contribution is 7.11. The molecule has 0 atom stereocenters. The van der Waals surface area contributed by atoms with E-state index in [0.717, 1.165) is 21.1 Å². The molecule has 0 radical (unpaired) electrons. The largest absolute Gasteiger partial charge is 0.321 e. The summed E-state index contributed by atoms with van der Waals surface area (Å²) in [6.07, 6.45) is 0. The number of benzene rings is 2. The lowest BCUT2D eigenvalue weighted by Crippen LogP contribution is -2.12. The van der Waals surface area contributed by atoms with E-state index in [1.54, 1.807) is 41.7 Å². The van der Waals surface area contributed by atoms with E-state index in [-0.39, 0.29) is 5.91 Å². The zero-order chi connectivity index (χ0) is 17.3. The van der Waals surface area contributed by atoms with Crippen LogP contribution in [0.4, 0.5) is 5.69 Å². The summed E-state index contributed by atoms with van der Waals surface area (Å²) in [5.41, 5.74) is 2.99. The summed E-state index contributed by atoms with van der Waals surface area (Å²) in [4.78, 5) is 18.1. The second kappa shape index (κ2) is 6.93. The first-order valence-electron chi connectivity index (χ1n) is 7.25. The lowest BCUT2D eigenvalue weighted by Gasteiger charge is -2.08. The van der Waals surface area contributed by atoms with Crippen LogP contribution in [0.1, 0.15) is 20.2 Å². The Morgan fingerprint density at radius 3 is 2.42 bits per heavy atom. The third-order valence-corrected chi connectivity index (χ3v) is 5.23. The minimum atomic E-state index is -0.239. The van der Waals surface area contributed by atoms with Crippen molar-refractivity contribution < 1.29 is 4.79 Å². The number of hydrogen-bond donors (Lipinski definition) is 1. The zero-order valence-corrected chi connectivity index (χ0v) is 15.4. The fraction of sp³-hybridized carbons (Fsp3) is 0.111. The predicted molar refractivity (Wildman–Crippen MR) is 101 cm³/mol. The molecular weight excluding hydrogens is 363 g/mol. The molecule has 2 aromatic carbocycles. The van der Waals surface area contributed by atoms with Crippen LogP contribution in [-0.2, 0) is 0 Å². The molecule has 0 aliphatic heterocycles. The molecule has 0 saturated heterocycles. The van der Waals surface area contributed by atoms with Crippen LogP contribution in [0, 0.1) is 13.8 Å². The Hall–Kier alpha value is -1.88. The van der Waals surface area contributed by atoms with Gasteiger partial charge in [-0.3, -0.25) is 4.79 Å². The number of anilines is 1. The molecule has 0 aliphatic carbocycles. The molecule has 0 saturated carbocycles. The molecule has 1 heterocycles. The first-order valence-corrected chi connectivity index (χ1v) is 8.83. The van der Waals surface area contributed by atoms with E-state index in [0.29, 0.717) is 21.3 Å². The Morgan fingerprint density at radius 1 is 1.08 bits per heavy atom. The van der Waals surface area contributed by atoms with Crippen LogP contribution in [-0.4, -0.2) is 10.9 Å². The van der Waals surface area contributed by atoms with E-state index in [2.05, 4.69) is 10.3 Å². The maximum atomic E-state index is 12.4. The average Bonchev–Trinajstić information content (AvgIpc) is 2.90. The molecule has 3 nitrogen and oxygen atoms in total. The van der Waals surface area contributed by atoms with Crippen molar-refractivity contribution in [1.82, 2.24) is 4.98 Å². The highest BCUT2D eigenvalue weighted by Gasteiger charge is 2.12. The number of thiazole rings is 1. The Labute approximate surface area is 154 Å². The maximum absolute atomic E-state index is 12.4. The molecule has 0 bridgehead atoms. The average molecular weight is 377 g/mol. The summed E-state index contributed by atoms with van der Waals surface area (Å²) in [7, 11) is 0. The van der Waals surface area contributed by atoms with Gasteiger partial charge in [0.15, 0.2) is 0 Å². The van der Waals surface area contributed by atoms with Gasteiger partial charge in [0.2, 0.25) is 0 Å². The van der Waals surface area contributed by atoms with Gasteiger partial charge in [-0.1, -0.05) is 41.4 Å². The van der Waals surface area contributed by atoms with Gasteiger partial charge in [-0.25, -0.2) is 4.98 Å². The number of carbonyl (C=O) groups is 1. The second-order valence-corrected chi connectivity index (χ2v) is 7.46. The number of carbonyl (C=O) groups excluding carboxylic acids is 1. The normalized spacial score (nSPS) is 10.7. The number of hydrogen-bond acceptors (Lipinski definition) is 3. The Kier molecular flexibility index (Phi) is 4.90. The van der Waals surface area contributed by atoms with Crippen LogP contribution >= 0.6 is 34.5 Å². The molecule has 0 spiro atoms. The third-order valence-electron chi connectivity index (χ3n) is 3.52. The maximum Gasteiger partial charge on any atom is 0.255 e. The van der Waals surface area contributed by atoms with Crippen molar-refractivity contribution in [2.75, 3.05) is 5.32 Å². The fourth-order valence-electron chi connectivity index (χ4n) is 2.37. The van der Waals surface area contributed by atoms with Gasteiger partial charge in [0.05, 0.1) is 26.4 Å². The molecule has 1 N–H and O–H groups in total. The number of aryl methyl sites for hydroxylation is 2. The van der Waals surface area contributed by atoms with Gasteiger partial charge in [0, 0.05) is 16.0 Å². The van der Waals surface area contributed by atoms with Crippen LogP contribution in [0.3, 0.4) is 0 Å². The van der Waals surface area contributed by atoms with Crippen molar-refractivity contribution >= 4 is 46.1 Å². The van der Waals surface area contributed by atoms with Crippen LogP contribution in [0.15, 0.2) is 42.5 Å². The molecule has 3 aromatic rings. The molecule has 3 rings (SSSR count). The van der Waals surface area contributed by atoms with Gasteiger partial charge in [-0.15, -0.1) is 11.3 Å². The lowest BCUT2D eigenvalue weighted by atomic mass is 10.1. The molecule has 0 unspecified atom stereocenters. The Bertz CT molecular complexity index is 904. The van der Waals surface area contributed by atoms with Crippen molar-refractivity contribution in [2.45, 2.75) is 13.8 Å². The molecule has 0 fully saturated rings. The Morgan fingerprint density at radius 2 is 1.79 bits per heavy atom. The van der Waals surface area contributed by atoms with Crippen molar-refractivity contribution in [3.05, 3.63) is 68.0 Å². The topological polar surface area (TPSA) is 42.0 Å². The highest BCUT2D eigenvalue weighted by atomic mass is 35.5. The van der Waals surface area contributed by atoms with Gasteiger partial charge in [0.25, 0.3) is 5.91 Å². The van der Waals surface area contributed by atoms with Crippen LogP contribution in [0.25, 0.3) is 11.3 Å². The summed E-state index contributed by atoms with van der Waals surface area (Å²) in [5.74, 6) is -0.239. The van der Waals surface area contributed by atoms with E-state index in [1.165, 1.54) is 0 Å². The number of nitrogens with one attached hydrogen (secondary N) is 1. The van der Waals surface area contributed by atoms with E-state index in [4.69, 9.17) is 23.2 Å². The highest BCUT2D eigenvalue weighted by Crippen LogP contribution is 2.30. The van der Waals surface area contributed by atoms with Gasteiger partial charge < -0.3 is 5.32 Å². The molecular formula is C18H14Cl2N2OS. The molecule has 0 aliphatic rings. The quantitative estimate of drug-likeness (QED) is 0.610. The molecule has 24 heavy (non-hydrogen) atoms. The van der Waals surface area contributed by atoms with Crippen molar-refractivity contribution in [1.29, 1.82) is 0 Å². The SMILES string of the molecule is Cc1nc(-c2ccc(C(=O)Nc3cccc(Cl)c3Cl)cc2)c(C)s1. The summed E-state index contributed by atoms with van der Waals surface area (Å²) in [6.45, 7) is 4.03. The van der Waals surface area contributed by atoms with E-state index in [9.17, 15) is 4.79 Å². The smallest absolute Gasteiger partial charge is 0.255 e. The minimum Gasteiger partial charge on any atom is -0.321 e. The van der Waals surface area contributed by atoms with Gasteiger partial charge in [-0.2, -0.15) is 0 Å². The van der Waals surface area contributed by atoms with Crippen molar-refractivity contribution in [3.8, 4) is 11.3 Å². The van der Waals surface area contributed by atoms with E-state index < -0.39 is 0 Å². The van der Waals surface area contributed by atoms with Crippen molar-refractivity contribution in [3.63, 3.8) is 0 Å². The molecule has 122 valence electrons. The molecule has 1 amide bonds. The Balaban J connectivity index is 1.81. The van der Waals surface area contributed by atoms with Crippen LogP contribution < -0.4 is 5.32 Å². The predicted octanol–water partition coefficient (Wildman–Crippen LogP) is 5.99. The summed E-state index contributed by atoms with van der Waals surface area (Å²) in [5, 5.41) is 4.53. The number of aromatic nitrogens is 1. The number of nitrogens with zero attached hydrogens (tertiary/aromatic N) is 1. The summed E-state index contributed by atoms with van der Waals surface area (Å²) in [6, 6.07) is 12.5. The van der Waals surface area contributed by atoms with Crippen LogP contribution in [0.2, 0.25) is 10.0 Å². The minimum absolute atomic E-state index is 0.239. The first-order chi connectivity index (χ1) is 11.5. The zero-order valence-electron chi connectivity index (χ0n) is 13.1. The van der Waals surface area contributed by atoms with Crippen LogP contribution in [0.5, 0.6) is 0 Å². The van der Waals surface area contributed by atoms with Gasteiger partial charge in [0.1, 0.15) is 0 Å². The third kappa shape index (κ3) is 3.46. The lowest BCUT2D eigenvalue weighted by molar-refractivity contribution is 0.102. The number of halogens is 2. The number of rotatable bonds is 3. The summed E-state index contributed by atoms with van der Waals surface area (Å²) >= 11 is 13.7. The fourth-order valence-corrected chi connectivity index (χ4v) is 3.56. The van der Waals surface area contributed by atoms with Gasteiger partial charge in [-0.05, 0) is 38.1 Å². The van der Waals surface area contributed by atoms with E-state index >= 15 is 0 Å². The van der Waals surface area contributed by atoms with Crippen molar-refractivity contribution in [2.24, 2.45) is 0 Å². The second-order valence-electron chi connectivity index (χ2n) is 5.27. The first kappa shape index (κ1) is 17.0. The summed E-state index contributed by atoms with van der Waals surface area (Å²) < 4.78 is 0. The standard InChI is InChI=1S/C18H14Cl2N2OS/c1-10-17(21-11(2)24-10)12-6-8-13(9-7-12)18(23)22-15-5-3-4-14(19)16(15)20/h3-9H,1-2H3,(H,22,23). The monoisotopic (exact) mass is 376 g/mol. The molecule has 1 aromatic heterocycles. The molecule has 6 heteroatoms. The number of amides is 1. The van der Waals surface area contributed by atoms with Gasteiger partial charge >= 0.3 is 0 Å².